The van der Waals surface area contributed by atoms with E-state index in [1.807, 2.05) is 60.7 Å². The lowest BCUT2D eigenvalue weighted by molar-refractivity contribution is -0.181. The van der Waals surface area contributed by atoms with Crippen LogP contribution in [0, 0.1) is 5.41 Å². The lowest BCUT2D eigenvalue weighted by atomic mass is 9.63. The number of Topliss-reactive ketones (excluding diaryl/α,β-unsaturated/α-hetero) is 2. The van der Waals surface area contributed by atoms with Crippen LogP contribution in [0.3, 0.4) is 0 Å². The Morgan fingerprint density at radius 3 is 1.92 bits per heavy atom. The first kappa shape index (κ1) is 16.1. The predicted octanol–water partition coefficient (Wildman–Crippen LogP) is 2.93. The van der Waals surface area contributed by atoms with E-state index in [1.165, 1.54) is 13.8 Å². The summed E-state index contributed by atoms with van der Waals surface area (Å²) in [6.45, 7) is 3.03. The molecule has 24 heavy (non-hydrogen) atoms. The Labute approximate surface area is 141 Å². The topological polar surface area (TPSA) is 54.5 Å². The Hall–Kier alpha value is -2.75. The summed E-state index contributed by atoms with van der Waals surface area (Å²) in [5.74, 6) is -1.18. The zero-order valence-corrected chi connectivity index (χ0v) is 13.7. The fourth-order valence-electron chi connectivity index (χ4n) is 3.57. The largest absolute Gasteiger partial charge is 0.328 e. The molecule has 0 radical (unpaired) electrons. The van der Waals surface area contributed by atoms with E-state index >= 15 is 0 Å². The highest BCUT2D eigenvalue weighted by atomic mass is 16.2. The van der Waals surface area contributed by atoms with Crippen molar-refractivity contribution >= 4 is 17.5 Å². The Morgan fingerprint density at radius 2 is 1.42 bits per heavy atom. The van der Waals surface area contributed by atoms with E-state index in [1.54, 1.807) is 4.90 Å². The summed E-state index contributed by atoms with van der Waals surface area (Å²) in [6, 6.07) is 18.3. The third kappa shape index (κ3) is 2.26. The number of benzene rings is 2. The minimum Gasteiger partial charge on any atom is -0.328 e. The Kier molecular flexibility index (Phi) is 4.06. The van der Waals surface area contributed by atoms with Gasteiger partial charge in [0, 0.05) is 6.54 Å². The van der Waals surface area contributed by atoms with E-state index in [2.05, 4.69) is 0 Å². The van der Waals surface area contributed by atoms with Crippen LogP contribution in [0.25, 0.3) is 0 Å². The first-order valence-corrected chi connectivity index (χ1v) is 7.91. The molecule has 1 fully saturated rings. The van der Waals surface area contributed by atoms with Crippen molar-refractivity contribution in [2.75, 3.05) is 0 Å². The van der Waals surface area contributed by atoms with Gasteiger partial charge in [0.05, 0.1) is 6.04 Å². The van der Waals surface area contributed by atoms with Crippen molar-refractivity contribution in [2.45, 2.75) is 26.4 Å². The van der Waals surface area contributed by atoms with Gasteiger partial charge in [-0.3, -0.25) is 14.4 Å². The summed E-state index contributed by atoms with van der Waals surface area (Å²) in [5.41, 5.74) is 0.182. The summed E-state index contributed by atoms with van der Waals surface area (Å²) in [5, 5.41) is 0. The van der Waals surface area contributed by atoms with E-state index in [0.717, 1.165) is 11.1 Å². The van der Waals surface area contributed by atoms with Crippen molar-refractivity contribution in [3.05, 3.63) is 71.8 Å². The van der Waals surface area contributed by atoms with Gasteiger partial charge in [0.1, 0.15) is 0 Å². The Bertz CT molecular complexity index is 769. The van der Waals surface area contributed by atoms with Gasteiger partial charge in [0.2, 0.25) is 5.91 Å². The van der Waals surface area contributed by atoms with Gasteiger partial charge in [-0.05, 0) is 25.0 Å². The maximum Gasteiger partial charge on any atom is 0.247 e. The van der Waals surface area contributed by atoms with Gasteiger partial charge < -0.3 is 4.90 Å². The highest BCUT2D eigenvalue weighted by Gasteiger charge is 2.67. The molecule has 0 unspecified atom stereocenters. The zero-order chi connectivity index (χ0) is 17.3. The number of hydrogen-bond donors (Lipinski definition) is 0. The van der Waals surface area contributed by atoms with Crippen LogP contribution in [0.5, 0.6) is 0 Å². The number of ketones is 2. The van der Waals surface area contributed by atoms with Gasteiger partial charge >= 0.3 is 0 Å². The maximum absolute atomic E-state index is 12.8. The van der Waals surface area contributed by atoms with E-state index < -0.39 is 28.9 Å². The molecule has 0 aliphatic carbocycles. The molecule has 122 valence electrons. The molecule has 0 bridgehead atoms. The average molecular weight is 321 g/mol. The van der Waals surface area contributed by atoms with Crippen LogP contribution in [0.4, 0.5) is 0 Å². The summed E-state index contributed by atoms with van der Waals surface area (Å²) in [6.07, 6.45) is 0. The van der Waals surface area contributed by atoms with Gasteiger partial charge in [-0.25, -0.2) is 0 Å². The van der Waals surface area contributed by atoms with E-state index in [0.29, 0.717) is 6.54 Å². The second kappa shape index (κ2) is 6.04. The number of amides is 1. The van der Waals surface area contributed by atoms with Gasteiger partial charge in [0.15, 0.2) is 17.0 Å². The molecule has 4 heteroatoms. The first-order chi connectivity index (χ1) is 11.5. The molecule has 2 aromatic rings. The van der Waals surface area contributed by atoms with Crippen LogP contribution in [0.1, 0.15) is 31.0 Å². The Morgan fingerprint density at radius 1 is 0.917 bits per heavy atom. The smallest absolute Gasteiger partial charge is 0.247 e. The molecule has 1 amide bonds. The van der Waals surface area contributed by atoms with Crippen LogP contribution in [0.15, 0.2) is 60.7 Å². The molecular formula is C20H19NO3. The number of hydrogen-bond acceptors (Lipinski definition) is 3. The third-order valence-corrected chi connectivity index (χ3v) is 4.74. The van der Waals surface area contributed by atoms with Gasteiger partial charge in [-0.1, -0.05) is 60.7 Å². The standard InChI is InChI=1S/C20H19NO3/c1-14(22)20(15(2)23)18(17-11-7-4-8-12-17)21(19(20)24)13-16-9-5-3-6-10-16/h3-12,18H,13H2,1-2H3/t18-/m1/s1. The molecule has 1 aliphatic heterocycles. The Balaban J connectivity index is 2.05. The van der Waals surface area contributed by atoms with Gasteiger partial charge in [0.25, 0.3) is 0 Å². The molecule has 2 aromatic carbocycles. The van der Waals surface area contributed by atoms with Crippen molar-refractivity contribution in [3.8, 4) is 0 Å². The van der Waals surface area contributed by atoms with Gasteiger partial charge in [-0.15, -0.1) is 0 Å². The molecule has 0 aromatic heterocycles. The SMILES string of the molecule is CC(=O)C1(C(C)=O)C(=O)N(Cc2ccccc2)[C@@H]1c1ccccc1. The number of carbonyl (C=O) groups excluding carboxylic acids is 3. The molecule has 1 atom stereocenters. The van der Waals surface area contributed by atoms with Crippen molar-refractivity contribution in [1.82, 2.24) is 4.90 Å². The average Bonchev–Trinajstić information content (AvgIpc) is 2.58. The summed E-state index contributed by atoms with van der Waals surface area (Å²) in [4.78, 5) is 39.1. The predicted molar refractivity (Wildman–Crippen MR) is 90.0 cm³/mol. The van der Waals surface area contributed by atoms with E-state index in [4.69, 9.17) is 0 Å². The monoisotopic (exact) mass is 321 g/mol. The molecule has 0 N–H and O–H groups in total. The molecule has 0 spiro atoms. The lowest BCUT2D eigenvalue weighted by Gasteiger charge is -2.53. The summed E-state index contributed by atoms with van der Waals surface area (Å²) < 4.78 is 0. The van der Waals surface area contributed by atoms with Gasteiger partial charge in [-0.2, -0.15) is 0 Å². The minimum atomic E-state index is -1.59. The van der Waals surface area contributed by atoms with E-state index in [-0.39, 0.29) is 0 Å². The fourth-order valence-corrected chi connectivity index (χ4v) is 3.57. The molecule has 1 saturated heterocycles. The third-order valence-electron chi connectivity index (χ3n) is 4.74. The molecule has 1 aliphatic rings. The summed E-state index contributed by atoms with van der Waals surface area (Å²) >= 11 is 0. The second-order valence-electron chi connectivity index (χ2n) is 6.15. The lowest BCUT2D eigenvalue weighted by Crippen LogP contribution is -2.68. The molecule has 4 nitrogen and oxygen atoms in total. The highest BCUT2D eigenvalue weighted by Crippen LogP contribution is 2.52. The molecular weight excluding hydrogens is 302 g/mol. The van der Waals surface area contributed by atoms with Crippen LogP contribution < -0.4 is 0 Å². The quantitative estimate of drug-likeness (QED) is 0.628. The zero-order valence-electron chi connectivity index (χ0n) is 13.7. The molecule has 3 rings (SSSR count). The maximum atomic E-state index is 12.8. The first-order valence-electron chi connectivity index (χ1n) is 7.91. The van der Waals surface area contributed by atoms with Crippen LogP contribution in [-0.2, 0) is 20.9 Å². The van der Waals surface area contributed by atoms with E-state index in [9.17, 15) is 14.4 Å². The number of carbonyl (C=O) groups is 3. The highest BCUT2D eigenvalue weighted by molar-refractivity contribution is 6.26. The van der Waals surface area contributed by atoms with Crippen molar-refractivity contribution < 1.29 is 14.4 Å². The number of β-lactam (4-membered cyclic amide) rings is 1. The van der Waals surface area contributed by atoms with Crippen LogP contribution in [-0.4, -0.2) is 22.4 Å². The van der Waals surface area contributed by atoms with Crippen LogP contribution >= 0.6 is 0 Å². The van der Waals surface area contributed by atoms with Crippen molar-refractivity contribution in [1.29, 1.82) is 0 Å². The molecule has 1 heterocycles. The summed E-state index contributed by atoms with van der Waals surface area (Å²) in [7, 11) is 0. The minimum absolute atomic E-state index is 0.377. The van der Waals surface area contributed by atoms with Crippen LogP contribution in [0.2, 0.25) is 0 Å². The number of likely N-dealkylation sites (tertiary alicyclic amines) is 1. The second-order valence-corrected chi connectivity index (χ2v) is 6.15. The normalized spacial score (nSPS) is 18.8. The fraction of sp³-hybridized carbons (Fsp3) is 0.250. The molecule has 0 saturated carbocycles. The number of nitrogens with zero attached hydrogens (tertiary/aromatic N) is 1. The van der Waals surface area contributed by atoms with Crippen molar-refractivity contribution in [2.24, 2.45) is 5.41 Å². The number of rotatable bonds is 5. The van der Waals surface area contributed by atoms with Crippen molar-refractivity contribution in [3.63, 3.8) is 0 Å².